The van der Waals surface area contributed by atoms with Crippen LogP contribution in [0, 0.1) is 6.92 Å². The number of nitrogens with zero attached hydrogens (tertiary/aromatic N) is 1. The van der Waals surface area contributed by atoms with Gasteiger partial charge in [0, 0.05) is 17.2 Å². The summed E-state index contributed by atoms with van der Waals surface area (Å²) in [5.74, 6) is -0.954. The van der Waals surface area contributed by atoms with E-state index in [9.17, 15) is 13.2 Å². The Bertz CT molecular complexity index is 507. The van der Waals surface area contributed by atoms with Crippen molar-refractivity contribution in [2.24, 2.45) is 0 Å². The molecule has 0 unspecified atom stereocenters. The molecule has 96 valence electrons. The fourth-order valence-corrected chi connectivity index (χ4v) is 2.66. The third kappa shape index (κ3) is 3.97. The molecule has 8 heteroatoms. The number of anilines is 1. The molecule has 0 atom stereocenters. The Morgan fingerprint density at radius 2 is 2.18 bits per heavy atom. The molecule has 0 saturated carbocycles. The highest BCUT2D eigenvalue weighted by Gasteiger charge is 2.14. The maximum atomic E-state index is 11.2. The van der Waals surface area contributed by atoms with Gasteiger partial charge in [0.1, 0.15) is 0 Å². The number of rotatable bonds is 6. The summed E-state index contributed by atoms with van der Waals surface area (Å²) >= 11 is 1.20. The van der Waals surface area contributed by atoms with Crippen LogP contribution in [0.1, 0.15) is 22.3 Å². The quantitative estimate of drug-likeness (QED) is 0.805. The van der Waals surface area contributed by atoms with Crippen LogP contribution in [0.2, 0.25) is 0 Å². The number of carbonyl (C=O) groups is 1. The van der Waals surface area contributed by atoms with E-state index in [0.29, 0.717) is 10.0 Å². The van der Waals surface area contributed by atoms with E-state index in [4.69, 9.17) is 5.11 Å². The molecule has 1 rings (SSSR count). The van der Waals surface area contributed by atoms with E-state index in [0.717, 1.165) is 0 Å². The normalized spacial score (nSPS) is 11.4. The van der Waals surface area contributed by atoms with Crippen LogP contribution >= 0.6 is 11.3 Å². The standard InChI is InChI=1S/C9H14N2O4S2/c1-3-17(14,15)5-4-10-9-11-7(8(12)13)6(2)16-9/h3-5H2,1-2H3,(H,10,11)(H,12,13). The first-order valence-electron chi connectivity index (χ1n) is 5.00. The molecule has 2 N–H and O–H groups in total. The van der Waals surface area contributed by atoms with Gasteiger partial charge in [0.25, 0.3) is 0 Å². The summed E-state index contributed by atoms with van der Waals surface area (Å²) in [5, 5.41) is 12.0. The van der Waals surface area contributed by atoms with Crippen molar-refractivity contribution in [2.45, 2.75) is 13.8 Å². The molecule has 1 heterocycles. The Hall–Kier alpha value is -1.15. The highest BCUT2D eigenvalue weighted by molar-refractivity contribution is 7.91. The molecule has 17 heavy (non-hydrogen) atoms. The van der Waals surface area contributed by atoms with Crippen molar-refractivity contribution in [3.05, 3.63) is 10.6 Å². The number of aryl methyl sites for hydroxylation is 1. The Morgan fingerprint density at radius 1 is 1.53 bits per heavy atom. The highest BCUT2D eigenvalue weighted by atomic mass is 32.2. The maximum Gasteiger partial charge on any atom is 0.355 e. The van der Waals surface area contributed by atoms with Gasteiger partial charge in [-0.15, -0.1) is 11.3 Å². The highest BCUT2D eigenvalue weighted by Crippen LogP contribution is 2.21. The number of nitrogens with one attached hydrogen (secondary N) is 1. The molecule has 0 fully saturated rings. The molecular weight excluding hydrogens is 264 g/mol. The number of hydrogen-bond donors (Lipinski definition) is 2. The minimum absolute atomic E-state index is 0.0100. The smallest absolute Gasteiger partial charge is 0.355 e. The van der Waals surface area contributed by atoms with Crippen molar-refractivity contribution in [1.82, 2.24) is 4.98 Å². The number of carboxylic acid groups (broad SMARTS) is 1. The van der Waals surface area contributed by atoms with E-state index in [1.165, 1.54) is 11.3 Å². The summed E-state index contributed by atoms with van der Waals surface area (Å²) < 4.78 is 22.4. The molecule has 0 aliphatic carbocycles. The number of hydrogen-bond acceptors (Lipinski definition) is 6. The van der Waals surface area contributed by atoms with Gasteiger partial charge in [0.2, 0.25) is 0 Å². The van der Waals surface area contributed by atoms with Crippen LogP contribution in [0.25, 0.3) is 0 Å². The summed E-state index contributed by atoms with van der Waals surface area (Å²) in [6.45, 7) is 3.49. The lowest BCUT2D eigenvalue weighted by Crippen LogP contribution is -2.17. The number of carboxylic acids is 1. The van der Waals surface area contributed by atoms with Crippen LogP contribution in [0.4, 0.5) is 5.13 Å². The van der Waals surface area contributed by atoms with Crippen molar-refractivity contribution in [1.29, 1.82) is 0 Å². The predicted octanol–water partition coefficient (Wildman–Crippen LogP) is 0.996. The van der Waals surface area contributed by atoms with Crippen molar-refractivity contribution >= 4 is 32.3 Å². The summed E-state index contributed by atoms with van der Waals surface area (Å²) in [7, 11) is -3.01. The fourth-order valence-electron chi connectivity index (χ4n) is 1.13. The Balaban J connectivity index is 2.59. The lowest BCUT2D eigenvalue weighted by Gasteiger charge is -2.02. The SMILES string of the molecule is CCS(=O)(=O)CCNc1nc(C(=O)O)c(C)s1. The summed E-state index contributed by atoms with van der Waals surface area (Å²) in [6.07, 6.45) is 0. The van der Waals surface area contributed by atoms with Crippen LogP contribution < -0.4 is 5.32 Å². The van der Waals surface area contributed by atoms with Crippen molar-refractivity contribution in [3.8, 4) is 0 Å². The van der Waals surface area contributed by atoms with Crippen molar-refractivity contribution in [2.75, 3.05) is 23.4 Å². The maximum absolute atomic E-state index is 11.2. The van der Waals surface area contributed by atoms with E-state index < -0.39 is 15.8 Å². The predicted molar refractivity (Wildman–Crippen MR) is 66.6 cm³/mol. The van der Waals surface area contributed by atoms with Crippen LogP contribution in [0.15, 0.2) is 0 Å². The first kappa shape index (κ1) is 13.9. The minimum atomic E-state index is -3.01. The lowest BCUT2D eigenvalue weighted by atomic mass is 10.4. The van der Waals surface area contributed by atoms with Gasteiger partial charge in [0.05, 0.1) is 5.75 Å². The molecule has 0 aliphatic heterocycles. The first-order chi connectivity index (χ1) is 7.85. The number of aromatic nitrogens is 1. The molecule has 1 aromatic heterocycles. The Morgan fingerprint density at radius 3 is 2.65 bits per heavy atom. The second-order valence-electron chi connectivity index (χ2n) is 3.39. The van der Waals surface area contributed by atoms with Crippen LogP contribution in [-0.4, -0.2) is 42.5 Å². The Kier molecular flexibility index (Phi) is 4.47. The molecule has 6 nitrogen and oxygen atoms in total. The zero-order valence-corrected chi connectivity index (χ0v) is 11.2. The largest absolute Gasteiger partial charge is 0.476 e. The van der Waals surface area contributed by atoms with Gasteiger partial charge in [-0.1, -0.05) is 6.92 Å². The van der Waals surface area contributed by atoms with E-state index in [1.54, 1.807) is 13.8 Å². The van der Waals surface area contributed by atoms with Gasteiger partial charge in [-0.05, 0) is 6.92 Å². The van der Waals surface area contributed by atoms with Gasteiger partial charge in [-0.25, -0.2) is 18.2 Å². The molecule has 0 aliphatic rings. The Labute approximate surface area is 104 Å². The van der Waals surface area contributed by atoms with E-state index in [2.05, 4.69) is 10.3 Å². The summed E-state index contributed by atoms with van der Waals surface area (Å²) in [5.41, 5.74) is 0.0100. The lowest BCUT2D eigenvalue weighted by molar-refractivity contribution is 0.0690. The van der Waals surface area contributed by atoms with Crippen molar-refractivity contribution < 1.29 is 18.3 Å². The molecule has 1 aromatic rings. The summed E-state index contributed by atoms with van der Waals surface area (Å²) in [6, 6.07) is 0. The second kappa shape index (κ2) is 5.46. The summed E-state index contributed by atoms with van der Waals surface area (Å²) in [4.78, 5) is 15.2. The van der Waals surface area contributed by atoms with E-state index in [-0.39, 0.29) is 23.7 Å². The van der Waals surface area contributed by atoms with Gasteiger partial charge in [0.15, 0.2) is 20.7 Å². The monoisotopic (exact) mass is 278 g/mol. The molecule has 0 amide bonds. The van der Waals surface area contributed by atoms with Crippen LogP contribution in [0.5, 0.6) is 0 Å². The van der Waals surface area contributed by atoms with Gasteiger partial charge < -0.3 is 10.4 Å². The van der Waals surface area contributed by atoms with Crippen LogP contribution in [-0.2, 0) is 9.84 Å². The third-order valence-corrected chi connectivity index (χ3v) is 4.76. The van der Waals surface area contributed by atoms with Crippen LogP contribution in [0.3, 0.4) is 0 Å². The average Bonchev–Trinajstić information content (AvgIpc) is 2.59. The average molecular weight is 278 g/mol. The number of aromatic carboxylic acids is 1. The zero-order valence-electron chi connectivity index (χ0n) is 9.56. The molecule has 0 saturated heterocycles. The van der Waals surface area contributed by atoms with Crippen molar-refractivity contribution in [3.63, 3.8) is 0 Å². The number of sulfone groups is 1. The first-order valence-corrected chi connectivity index (χ1v) is 7.64. The van der Waals surface area contributed by atoms with Gasteiger partial charge in [-0.2, -0.15) is 0 Å². The second-order valence-corrected chi connectivity index (χ2v) is 7.07. The van der Waals surface area contributed by atoms with E-state index in [1.807, 2.05) is 0 Å². The zero-order chi connectivity index (χ0) is 13.1. The van der Waals surface area contributed by atoms with Gasteiger partial charge in [-0.3, -0.25) is 0 Å². The molecule has 0 radical (unpaired) electrons. The molecule has 0 spiro atoms. The van der Waals surface area contributed by atoms with Gasteiger partial charge >= 0.3 is 5.97 Å². The minimum Gasteiger partial charge on any atom is -0.476 e. The molecular formula is C9H14N2O4S2. The molecule has 0 aromatic carbocycles. The third-order valence-electron chi connectivity index (χ3n) is 2.13. The topological polar surface area (TPSA) is 96.4 Å². The fraction of sp³-hybridized carbons (Fsp3) is 0.556. The molecule has 0 bridgehead atoms. The van der Waals surface area contributed by atoms with E-state index >= 15 is 0 Å². The number of thiazole rings is 1.